The minimum absolute atomic E-state index is 0.362. The Bertz CT molecular complexity index is 448. The van der Waals surface area contributed by atoms with Crippen molar-refractivity contribution in [3.63, 3.8) is 0 Å². The van der Waals surface area contributed by atoms with E-state index in [1.165, 1.54) is 36.3 Å². The first-order chi connectivity index (χ1) is 10.2. The van der Waals surface area contributed by atoms with Crippen molar-refractivity contribution in [3.05, 3.63) is 24.3 Å². The highest BCUT2D eigenvalue weighted by Crippen LogP contribution is 2.38. The van der Waals surface area contributed by atoms with Gasteiger partial charge in [-0.2, -0.15) is 0 Å². The van der Waals surface area contributed by atoms with Gasteiger partial charge in [0.05, 0.1) is 12.2 Å². The van der Waals surface area contributed by atoms with E-state index in [1.54, 1.807) is 0 Å². The molecule has 1 aromatic rings. The van der Waals surface area contributed by atoms with Crippen molar-refractivity contribution in [3.8, 4) is 0 Å². The molecule has 2 aliphatic rings. The molecule has 0 aromatic heterocycles. The van der Waals surface area contributed by atoms with Crippen molar-refractivity contribution < 1.29 is 4.74 Å². The fourth-order valence-corrected chi connectivity index (χ4v) is 4.96. The molecular formula is C18H27NOS. The fraction of sp³-hybridized carbons (Fsp3) is 0.667. The van der Waals surface area contributed by atoms with Crippen LogP contribution in [0.1, 0.15) is 52.4 Å². The monoisotopic (exact) mass is 305 g/mol. The summed E-state index contributed by atoms with van der Waals surface area (Å²) >= 11 is 2.07. The average molecular weight is 305 g/mol. The molecule has 116 valence electrons. The topological polar surface area (TPSA) is 21.3 Å². The lowest BCUT2D eigenvalue weighted by Gasteiger charge is -2.33. The van der Waals surface area contributed by atoms with E-state index in [1.807, 2.05) is 0 Å². The number of benzene rings is 1. The Morgan fingerprint density at radius 1 is 1.05 bits per heavy atom. The van der Waals surface area contributed by atoms with E-state index in [4.69, 9.17) is 4.74 Å². The standard InChI is InChI=1S/C18H27NOS/c1-13-11-15(12-14(2)20-13)19-17-9-5-6-10-18(17)21-16-7-3-4-8-16/h5-6,9-10,13-16,19H,3-4,7-8,11-12H2,1-2H3. The van der Waals surface area contributed by atoms with Crippen LogP contribution in [0.4, 0.5) is 5.69 Å². The van der Waals surface area contributed by atoms with Crippen LogP contribution in [-0.2, 0) is 4.74 Å². The number of ether oxygens (including phenoxy) is 1. The van der Waals surface area contributed by atoms with Crippen LogP contribution >= 0.6 is 11.8 Å². The van der Waals surface area contributed by atoms with E-state index in [-0.39, 0.29) is 0 Å². The maximum absolute atomic E-state index is 5.85. The van der Waals surface area contributed by atoms with Crippen LogP contribution in [0.5, 0.6) is 0 Å². The molecule has 1 N–H and O–H groups in total. The summed E-state index contributed by atoms with van der Waals surface area (Å²) in [6.07, 6.45) is 8.50. The van der Waals surface area contributed by atoms with Gasteiger partial charge in [0.15, 0.2) is 0 Å². The number of anilines is 1. The molecular weight excluding hydrogens is 278 g/mol. The molecule has 1 aromatic carbocycles. The van der Waals surface area contributed by atoms with Gasteiger partial charge in [-0.05, 0) is 51.7 Å². The summed E-state index contributed by atoms with van der Waals surface area (Å²) in [6.45, 7) is 4.37. The van der Waals surface area contributed by atoms with Crippen molar-refractivity contribution in [2.75, 3.05) is 5.32 Å². The van der Waals surface area contributed by atoms with Crippen molar-refractivity contribution in [2.45, 2.75) is 80.8 Å². The number of hydrogen-bond acceptors (Lipinski definition) is 3. The second kappa shape index (κ2) is 7.06. The van der Waals surface area contributed by atoms with Gasteiger partial charge in [-0.15, -0.1) is 11.8 Å². The summed E-state index contributed by atoms with van der Waals surface area (Å²) in [7, 11) is 0. The minimum Gasteiger partial charge on any atom is -0.381 e. The Labute approximate surface area is 133 Å². The molecule has 0 bridgehead atoms. The van der Waals surface area contributed by atoms with Crippen LogP contribution in [0, 0.1) is 0 Å². The molecule has 2 atom stereocenters. The molecule has 2 nitrogen and oxygen atoms in total. The summed E-state index contributed by atoms with van der Waals surface area (Å²) < 4.78 is 5.85. The van der Waals surface area contributed by atoms with Crippen molar-refractivity contribution in [2.24, 2.45) is 0 Å². The second-order valence-corrected chi connectivity index (χ2v) is 7.93. The molecule has 1 aliphatic carbocycles. The SMILES string of the molecule is CC1CC(Nc2ccccc2SC2CCCC2)CC(C)O1. The van der Waals surface area contributed by atoms with E-state index >= 15 is 0 Å². The highest BCUT2D eigenvalue weighted by molar-refractivity contribution is 8.00. The molecule has 2 fully saturated rings. The van der Waals surface area contributed by atoms with Crippen LogP contribution in [-0.4, -0.2) is 23.5 Å². The quantitative estimate of drug-likeness (QED) is 0.837. The maximum atomic E-state index is 5.85. The first-order valence-corrected chi connectivity index (χ1v) is 9.26. The molecule has 1 saturated carbocycles. The lowest BCUT2D eigenvalue weighted by Crippen LogP contribution is -2.37. The highest BCUT2D eigenvalue weighted by Gasteiger charge is 2.25. The predicted molar refractivity (Wildman–Crippen MR) is 91.2 cm³/mol. The summed E-state index contributed by atoms with van der Waals surface area (Å²) in [5.41, 5.74) is 1.32. The van der Waals surface area contributed by atoms with Crippen LogP contribution < -0.4 is 5.32 Å². The summed E-state index contributed by atoms with van der Waals surface area (Å²) in [6, 6.07) is 9.36. The second-order valence-electron chi connectivity index (χ2n) is 6.59. The van der Waals surface area contributed by atoms with Crippen LogP contribution in [0.2, 0.25) is 0 Å². The van der Waals surface area contributed by atoms with Gasteiger partial charge in [0.1, 0.15) is 0 Å². The first kappa shape index (κ1) is 15.2. The van der Waals surface area contributed by atoms with Gasteiger partial charge in [0.2, 0.25) is 0 Å². The Morgan fingerprint density at radius 3 is 2.43 bits per heavy atom. The first-order valence-electron chi connectivity index (χ1n) is 8.38. The van der Waals surface area contributed by atoms with Gasteiger partial charge in [0, 0.05) is 21.9 Å². The zero-order valence-corrected chi connectivity index (χ0v) is 14.0. The lowest BCUT2D eigenvalue weighted by molar-refractivity contribution is -0.0338. The van der Waals surface area contributed by atoms with Gasteiger partial charge < -0.3 is 10.1 Å². The van der Waals surface area contributed by atoms with Crippen LogP contribution in [0.25, 0.3) is 0 Å². The van der Waals surface area contributed by atoms with Gasteiger partial charge in [-0.25, -0.2) is 0 Å². The minimum atomic E-state index is 0.362. The van der Waals surface area contributed by atoms with Gasteiger partial charge in [0.25, 0.3) is 0 Å². The smallest absolute Gasteiger partial charge is 0.0570 e. The van der Waals surface area contributed by atoms with Crippen LogP contribution in [0.15, 0.2) is 29.2 Å². The van der Waals surface area contributed by atoms with E-state index in [0.29, 0.717) is 18.2 Å². The Morgan fingerprint density at radius 2 is 1.71 bits per heavy atom. The molecule has 1 saturated heterocycles. The van der Waals surface area contributed by atoms with Crippen LogP contribution in [0.3, 0.4) is 0 Å². The predicted octanol–water partition coefficient (Wildman–Crippen LogP) is 5.09. The molecule has 0 amide bonds. The molecule has 2 unspecified atom stereocenters. The lowest BCUT2D eigenvalue weighted by atomic mass is 9.99. The summed E-state index contributed by atoms with van der Waals surface area (Å²) in [4.78, 5) is 1.43. The number of rotatable bonds is 4. The Balaban J connectivity index is 1.66. The molecule has 1 aliphatic heterocycles. The number of thioether (sulfide) groups is 1. The third-order valence-corrected chi connectivity index (χ3v) is 5.95. The number of hydrogen-bond donors (Lipinski definition) is 1. The third kappa shape index (κ3) is 4.17. The third-order valence-electron chi connectivity index (χ3n) is 4.54. The van der Waals surface area contributed by atoms with E-state index in [0.717, 1.165) is 18.1 Å². The summed E-state index contributed by atoms with van der Waals surface area (Å²) in [5, 5.41) is 4.60. The van der Waals surface area contributed by atoms with E-state index < -0.39 is 0 Å². The van der Waals surface area contributed by atoms with Crippen molar-refractivity contribution >= 4 is 17.4 Å². The largest absolute Gasteiger partial charge is 0.381 e. The zero-order valence-electron chi connectivity index (χ0n) is 13.2. The molecule has 1 heterocycles. The zero-order chi connectivity index (χ0) is 14.7. The molecule has 3 heteroatoms. The number of para-hydroxylation sites is 1. The van der Waals surface area contributed by atoms with Crippen molar-refractivity contribution in [1.82, 2.24) is 0 Å². The fourth-order valence-electron chi connectivity index (χ4n) is 3.62. The molecule has 3 rings (SSSR count). The molecule has 0 radical (unpaired) electrons. The molecule has 21 heavy (non-hydrogen) atoms. The van der Waals surface area contributed by atoms with Gasteiger partial charge in [-0.1, -0.05) is 25.0 Å². The normalized spacial score (nSPS) is 30.5. The van der Waals surface area contributed by atoms with E-state index in [2.05, 4.69) is 55.2 Å². The van der Waals surface area contributed by atoms with E-state index in [9.17, 15) is 0 Å². The Kier molecular flexibility index (Phi) is 5.12. The Hall–Kier alpha value is -0.670. The average Bonchev–Trinajstić information content (AvgIpc) is 2.93. The molecule has 0 spiro atoms. The summed E-state index contributed by atoms with van der Waals surface area (Å²) in [5.74, 6) is 0. The van der Waals surface area contributed by atoms with Gasteiger partial charge in [-0.3, -0.25) is 0 Å². The van der Waals surface area contributed by atoms with Crippen molar-refractivity contribution in [1.29, 1.82) is 0 Å². The number of nitrogens with one attached hydrogen (secondary N) is 1. The van der Waals surface area contributed by atoms with Gasteiger partial charge >= 0.3 is 0 Å². The maximum Gasteiger partial charge on any atom is 0.0570 e. The highest BCUT2D eigenvalue weighted by atomic mass is 32.2.